The number of carbonyl (C=O) groups is 1. The molecule has 3 aromatic rings. The quantitative estimate of drug-likeness (QED) is 0.756. The number of piperidine rings is 1. The number of anilines is 2. The van der Waals surface area contributed by atoms with Crippen molar-refractivity contribution < 1.29 is 13.6 Å². The second kappa shape index (κ2) is 7.57. The lowest BCUT2D eigenvalue weighted by molar-refractivity contribution is 0.0705. The van der Waals surface area contributed by atoms with Gasteiger partial charge in [-0.3, -0.25) is 4.79 Å². The minimum atomic E-state index is -0.360. The molecule has 1 fully saturated rings. The molecule has 1 atom stereocenters. The molecule has 138 valence electrons. The van der Waals surface area contributed by atoms with Crippen LogP contribution >= 0.6 is 0 Å². The molecule has 6 nitrogen and oxygen atoms in total. The van der Waals surface area contributed by atoms with E-state index < -0.39 is 0 Å². The zero-order chi connectivity index (χ0) is 18.6. The number of para-hydroxylation sites is 1. The molecule has 1 aromatic carbocycles. The molecule has 0 radical (unpaired) electrons. The van der Waals surface area contributed by atoms with Crippen LogP contribution in [0.25, 0.3) is 0 Å². The van der Waals surface area contributed by atoms with E-state index in [1.165, 1.54) is 18.6 Å². The lowest BCUT2D eigenvalue weighted by Crippen LogP contribution is -2.39. The van der Waals surface area contributed by atoms with Gasteiger partial charge in [0.2, 0.25) is 5.95 Å². The average molecular weight is 366 g/mol. The third-order valence-corrected chi connectivity index (χ3v) is 4.69. The Balaban J connectivity index is 1.50. The number of halogens is 1. The van der Waals surface area contributed by atoms with Crippen molar-refractivity contribution in [2.24, 2.45) is 0 Å². The summed E-state index contributed by atoms with van der Waals surface area (Å²) in [4.78, 5) is 23.1. The Kier molecular flexibility index (Phi) is 4.82. The maximum absolute atomic E-state index is 13.8. The Labute approximate surface area is 156 Å². The number of benzene rings is 1. The van der Waals surface area contributed by atoms with E-state index in [0.717, 1.165) is 18.5 Å². The molecule has 1 N–H and O–H groups in total. The first kappa shape index (κ1) is 17.2. The summed E-state index contributed by atoms with van der Waals surface area (Å²) in [5.41, 5.74) is 1.73. The highest BCUT2D eigenvalue weighted by Crippen LogP contribution is 2.27. The zero-order valence-electron chi connectivity index (χ0n) is 14.6. The first-order valence-corrected chi connectivity index (χ1v) is 8.86. The van der Waals surface area contributed by atoms with Crippen LogP contribution in [0.1, 0.15) is 34.8 Å². The van der Waals surface area contributed by atoms with E-state index in [-0.39, 0.29) is 17.6 Å². The van der Waals surface area contributed by atoms with Crippen LogP contribution in [0.2, 0.25) is 0 Å². The summed E-state index contributed by atoms with van der Waals surface area (Å²) in [5.74, 6) is 0.0583. The summed E-state index contributed by atoms with van der Waals surface area (Å²) in [6.07, 6.45) is 6.45. The molecule has 0 bridgehead atoms. The van der Waals surface area contributed by atoms with Crippen molar-refractivity contribution in [2.75, 3.05) is 18.4 Å². The molecule has 4 rings (SSSR count). The SMILES string of the molecule is O=C(c1ccoc1)N1CCC[C@@H](c2ccnc(Nc3ccccc3F)n2)C1. The Hall–Kier alpha value is -3.22. The number of rotatable bonds is 4. The largest absolute Gasteiger partial charge is 0.472 e. The molecule has 0 unspecified atom stereocenters. The summed E-state index contributed by atoms with van der Waals surface area (Å²) >= 11 is 0. The van der Waals surface area contributed by atoms with Crippen LogP contribution in [0.3, 0.4) is 0 Å². The molecule has 1 aliphatic heterocycles. The number of nitrogens with one attached hydrogen (secondary N) is 1. The van der Waals surface area contributed by atoms with Crippen LogP contribution in [0.5, 0.6) is 0 Å². The van der Waals surface area contributed by atoms with Crippen LogP contribution in [0.15, 0.2) is 59.5 Å². The van der Waals surface area contributed by atoms with E-state index in [4.69, 9.17) is 4.42 Å². The van der Waals surface area contributed by atoms with Crippen molar-refractivity contribution in [3.8, 4) is 0 Å². The first-order chi connectivity index (χ1) is 13.2. The highest BCUT2D eigenvalue weighted by atomic mass is 19.1. The van der Waals surface area contributed by atoms with Crippen LogP contribution < -0.4 is 5.32 Å². The standard InChI is InChI=1S/C20H19FN4O2/c21-16-5-1-2-6-18(16)24-20-22-9-7-17(23-20)14-4-3-10-25(12-14)19(26)15-8-11-27-13-15/h1-2,5-9,11,13-14H,3-4,10,12H2,(H,22,23,24)/t14-/m1/s1. The van der Waals surface area contributed by atoms with Crippen LogP contribution in [-0.4, -0.2) is 33.9 Å². The fourth-order valence-electron chi connectivity index (χ4n) is 3.32. The number of carbonyl (C=O) groups excluding carboxylic acids is 1. The third kappa shape index (κ3) is 3.81. The Bertz CT molecular complexity index is 929. The van der Waals surface area contributed by atoms with E-state index in [2.05, 4.69) is 15.3 Å². The monoisotopic (exact) mass is 366 g/mol. The molecule has 7 heteroatoms. The molecule has 27 heavy (non-hydrogen) atoms. The van der Waals surface area contributed by atoms with Gasteiger partial charge in [-0.05, 0) is 37.1 Å². The zero-order valence-corrected chi connectivity index (χ0v) is 14.6. The Morgan fingerprint density at radius 3 is 2.96 bits per heavy atom. The number of hydrogen-bond acceptors (Lipinski definition) is 5. The smallest absolute Gasteiger partial charge is 0.257 e. The van der Waals surface area contributed by atoms with E-state index >= 15 is 0 Å². The van der Waals surface area contributed by atoms with Gasteiger partial charge in [0.25, 0.3) is 5.91 Å². The van der Waals surface area contributed by atoms with Crippen LogP contribution in [-0.2, 0) is 0 Å². The fraction of sp³-hybridized carbons (Fsp3) is 0.250. The average Bonchev–Trinajstić information content (AvgIpc) is 3.24. The summed E-state index contributed by atoms with van der Waals surface area (Å²) in [6, 6.07) is 9.92. The minimum Gasteiger partial charge on any atom is -0.472 e. The molecule has 1 aliphatic rings. The van der Waals surface area contributed by atoms with Crippen molar-refractivity contribution in [2.45, 2.75) is 18.8 Å². The van der Waals surface area contributed by atoms with E-state index in [1.54, 1.807) is 30.5 Å². The predicted octanol–water partition coefficient (Wildman–Crippen LogP) is 3.97. The number of amides is 1. The summed E-state index contributed by atoms with van der Waals surface area (Å²) < 4.78 is 18.8. The number of furan rings is 1. The molecule has 0 spiro atoms. The summed E-state index contributed by atoms with van der Waals surface area (Å²) in [6.45, 7) is 1.30. The highest BCUT2D eigenvalue weighted by Gasteiger charge is 2.27. The van der Waals surface area contributed by atoms with Crippen molar-refractivity contribution in [3.05, 3.63) is 72.2 Å². The van der Waals surface area contributed by atoms with E-state index in [1.807, 2.05) is 11.0 Å². The van der Waals surface area contributed by atoms with Gasteiger partial charge in [-0.15, -0.1) is 0 Å². The van der Waals surface area contributed by atoms with Gasteiger partial charge in [0.15, 0.2) is 0 Å². The minimum absolute atomic E-state index is 0.0350. The molecule has 0 aliphatic carbocycles. The van der Waals surface area contributed by atoms with E-state index in [0.29, 0.717) is 30.3 Å². The van der Waals surface area contributed by atoms with Gasteiger partial charge in [-0.1, -0.05) is 12.1 Å². The van der Waals surface area contributed by atoms with Crippen molar-refractivity contribution in [3.63, 3.8) is 0 Å². The molecular formula is C20H19FN4O2. The normalized spacial score (nSPS) is 16.9. The second-order valence-corrected chi connectivity index (χ2v) is 6.51. The molecule has 0 saturated carbocycles. The molecule has 1 amide bonds. The van der Waals surface area contributed by atoms with Gasteiger partial charge in [0, 0.05) is 25.2 Å². The summed E-state index contributed by atoms with van der Waals surface area (Å²) in [5, 5.41) is 2.92. The van der Waals surface area contributed by atoms with Gasteiger partial charge in [0.1, 0.15) is 12.1 Å². The third-order valence-electron chi connectivity index (χ3n) is 4.69. The molecule has 3 heterocycles. The van der Waals surface area contributed by atoms with E-state index in [9.17, 15) is 9.18 Å². The predicted molar refractivity (Wildman–Crippen MR) is 98.3 cm³/mol. The van der Waals surface area contributed by atoms with Crippen molar-refractivity contribution in [1.82, 2.24) is 14.9 Å². The van der Waals surface area contributed by atoms with Gasteiger partial charge in [0.05, 0.1) is 23.2 Å². The summed E-state index contributed by atoms with van der Waals surface area (Å²) in [7, 11) is 0. The fourth-order valence-corrected chi connectivity index (χ4v) is 3.32. The maximum atomic E-state index is 13.8. The van der Waals surface area contributed by atoms with Gasteiger partial charge < -0.3 is 14.6 Å². The molecule has 2 aromatic heterocycles. The number of likely N-dealkylation sites (tertiary alicyclic amines) is 1. The van der Waals surface area contributed by atoms with Crippen molar-refractivity contribution >= 4 is 17.5 Å². The number of nitrogens with zero attached hydrogens (tertiary/aromatic N) is 3. The van der Waals surface area contributed by atoms with Crippen LogP contribution in [0, 0.1) is 5.82 Å². The number of aromatic nitrogens is 2. The van der Waals surface area contributed by atoms with Gasteiger partial charge in [-0.25, -0.2) is 14.4 Å². The van der Waals surface area contributed by atoms with Gasteiger partial charge >= 0.3 is 0 Å². The number of hydrogen-bond donors (Lipinski definition) is 1. The Morgan fingerprint density at radius 1 is 1.26 bits per heavy atom. The van der Waals surface area contributed by atoms with Crippen LogP contribution in [0.4, 0.5) is 16.0 Å². The van der Waals surface area contributed by atoms with Gasteiger partial charge in [-0.2, -0.15) is 0 Å². The lowest BCUT2D eigenvalue weighted by atomic mass is 9.94. The highest BCUT2D eigenvalue weighted by molar-refractivity contribution is 5.93. The Morgan fingerprint density at radius 2 is 2.15 bits per heavy atom. The lowest BCUT2D eigenvalue weighted by Gasteiger charge is -2.32. The maximum Gasteiger partial charge on any atom is 0.257 e. The first-order valence-electron chi connectivity index (χ1n) is 8.86. The topological polar surface area (TPSA) is 71.3 Å². The molecular weight excluding hydrogens is 347 g/mol. The second-order valence-electron chi connectivity index (χ2n) is 6.51. The molecule has 1 saturated heterocycles. The van der Waals surface area contributed by atoms with Crippen molar-refractivity contribution in [1.29, 1.82) is 0 Å².